The number of aliphatic hydroxyl groups is 1. The summed E-state index contributed by atoms with van der Waals surface area (Å²) in [7, 11) is -4.16. The third-order valence-corrected chi connectivity index (χ3v) is 4.79. The fraction of sp³-hybridized carbons (Fsp3) is 0.933. The molecular weight excluding hydrogens is 315 g/mol. The van der Waals surface area contributed by atoms with E-state index in [2.05, 4.69) is 11.1 Å². The number of carbonyl (C=O) groups is 1. The van der Waals surface area contributed by atoms with Crippen molar-refractivity contribution in [3.05, 3.63) is 0 Å². The molecule has 0 aliphatic rings. The molecule has 0 saturated carbocycles. The van der Waals surface area contributed by atoms with Crippen LogP contribution in [0.2, 0.25) is 0 Å². The van der Waals surface area contributed by atoms with E-state index in [4.69, 9.17) is 0 Å². The Kier molecular flexibility index (Phi) is 16.7. The summed E-state index contributed by atoms with van der Waals surface area (Å²) in [5.74, 6) is -0.773. The minimum atomic E-state index is -4.16. The number of rotatable bonds is 13. The van der Waals surface area contributed by atoms with Crippen molar-refractivity contribution in [3.8, 4) is 0 Å². The Balaban J connectivity index is 0. The summed E-state index contributed by atoms with van der Waals surface area (Å²) in [6.45, 7) is 3.70. The van der Waals surface area contributed by atoms with Crippen molar-refractivity contribution in [2.45, 2.75) is 89.9 Å². The van der Waals surface area contributed by atoms with E-state index in [1.807, 2.05) is 0 Å². The van der Waals surface area contributed by atoms with Crippen LogP contribution in [0.5, 0.6) is 0 Å². The van der Waals surface area contributed by atoms with Crippen LogP contribution in [-0.2, 0) is 19.1 Å². The third-order valence-electron chi connectivity index (χ3n) is 3.38. The van der Waals surface area contributed by atoms with Crippen molar-refractivity contribution < 1.29 is 22.5 Å². The van der Waals surface area contributed by atoms with Gasteiger partial charge in [0, 0.05) is 6.42 Å². The van der Waals surface area contributed by atoms with Crippen LogP contribution < -0.4 is 0 Å². The van der Waals surface area contributed by atoms with Crippen LogP contribution in [0.1, 0.15) is 84.5 Å². The maximum atomic E-state index is 11.4. The van der Waals surface area contributed by atoms with Gasteiger partial charge in [-0.1, -0.05) is 65.2 Å². The van der Waals surface area contributed by atoms with Crippen molar-refractivity contribution in [1.82, 2.24) is 0 Å². The van der Waals surface area contributed by atoms with E-state index in [-0.39, 0.29) is 42.4 Å². The van der Waals surface area contributed by atoms with E-state index in [0.29, 0.717) is 6.42 Å². The summed E-state index contributed by atoms with van der Waals surface area (Å²) >= 11 is 0. The molecule has 128 valence electrons. The molecule has 0 aromatic heterocycles. The van der Waals surface area contributed by atoms with Gasteiger partial charge in [0.05, 0.1) is 0 Å². The summed E-state index contributed by atoms with van der Waals surface area (Å²) < 4.78 is 27.0. The molecule has 1 atom stereocenters. The molecule has 1 N–H and O–H groups in total. The number of hydrogen-bond acceptors (Lipinski definition) is 5. The van der Waals surface area contributed by atoms with E-state index in [1.54, 1.807) is 0 Å². The third kappa shape index (κ3) is 12.9. The van der Waals surface area contributed by atoms with Gasteiger partial charge in [-0.05, 0) is 12.8 Å². The van der Waals surface area contributed by atoms with Crippen LogP contribution in [0.15, 0.2) is 0 Å². The summed E-state index contributed by atoms with van der Waals surface area (Å²) in [6, 6.07) is 0. The second-order valence-corrected chi connectivity index (χ2v) is 7.09. The van der Waals surface area contributed by atoms with Gasteiger partial charge >= 0.3 is 45.6 Å². The van der Waals surface area contributed by atoms with Crippen LogP contribution >= 0.6 is 0 Å². The molecule has 1 unspecified atom stereocenters. The predicted molar refractivity (Wildman–Crippen MR) is 90.3 cm³/mol. The Bertz CT molecular complexity index is 370. The molecular formula is C15H31NaO5S. The summed E-state index contributed by atoms with van der Waals surface area (Å²) in [4.78, 5) is 11.4. The van der Waals surface area contributed by atoms with Crippen molar-refractivity contribution in [3.63, 3.8) is 0 Å². The van der Waals surface area contributed by atoms with Gasteiger partial charge in [0.2, 0.25) is 0 Å². The van der Waals surface area contributed by atoms with Gasteiger partial charge in [-0.2, -0.15) is 8.42 Å². The first-order valence-corrected chi connectivity index (χ1v) is 9.55. The molecule has 5 nitrogen and oxygen atoms in total. The first-order chi connectivity index (χ1) is 9.94. The van der Waals surface area contributed by atoms with Gasteiger partial charge < -0.3 is 9.29 Å². The molecule has 0 aliphatic carbocycles. The first-order valence-electron chi connectivity index (χ1n) is 8.08. The number of unbranched alkanes of at least 4 members (excludes halogenated alkanes) is 8. The molecule has 0 aliphatic heterocycles. The standard InChI is InChI=1S/C15H30O5S.Na.H/c1-3-5-6-7-8-9-10-11-12-13-14(16)20-21(18,19)15(17)4-2;;/h15,17H,3-13H2,1-2H3;;. The van der Waals surface area contributed by atoms with E-state index < -0.39 is 21.5 Å². The van der Waals surface area contributed by atoms with Gasteiger partial charge in [0.1, 0.15) is 0 Å². The van der Waals surface area contributed by atoms with E-state index in [1.165, 1.54) is 39.0 Å². The summed E-state index contributed by atoms with van der Waals surface area (Å²) in [6.07, 6.45) is 10.2. The Morgan fingerprint density at radius 2 is 1.41 bits per heavy atom. The van der Waals surface area contributed by atoms with Gasteiger partial charge in [0.15, 0.2) is 5.44 Å². The molecule has 22 heavy (non-hydrogen) atoms. The average molecular weight is 346 g/mol. The zero-order valence-electron chi connectivity index (χ0n) is 13.3. The van der Waals surface area contributed by atoms with Gasteiger partial charge in [-0.15, -0.1) is 0 Å². The molecule has 0 bridgehead atoms. The first kappa shape index (κ1) is 24.6. The molecule has 0 fully saturated rings. The number of carbonyl (C=O) groups excluding carboxylic acids is 1. The van der Waals surface area contributed by atoms with Crippen LogP contribution in [-0.4, -0.2) is 54.5 Å². The van der Waals surface area contributed by atoms with Crippen molar-refractivity contribution in [2.24, 2.45) is 0 Å². The average Bonchev–Trinajstić information content (AvgIpc) is 2.44. The van der Waals surface area contributed by atoms with Gasteiger partial charge in [-0.3, -0.25) is 4.79 Å². The molecule has 0 heterocycles. The van der Waals surface area contributed by atoms with Crippen LogP contribution in [0.4, 0.5) is 0 Å². The van der Waals surface area contributed by atoms with Crippen LogP contribution in [0.3, 0.4) is 0 Å². The zero-order chi connectivity index (χ0) is 16.1. The van der Waals surface area contributed by atoms with Gasteiger partial charge in [0.25, 0.3) is 0 Å². The SMILES string of the molecule is CCCCCCCCCCCC(=O)OS(=O)(=O)C(O)CC.[NaH]. The zero-order valence-corrected chi connectivity index (χ0v) is 14.2. The summed E-state index contributed by atoms with van der Waals surface area (Å²) in [5, 5.41) is 9.20. The van der Waals surface area contributed by atoms with E-state index >= 15 is 0 Å². The molecule has 7 heteroatoms. The number of aliphatic hydroxyl groups excluding tert-OH is 1. The Morgan fingerprint density at radius 3 is 1.86 bits per heavy atom. The fourth-order valence-corrected chi connectivity index (χ4v) is 2.87. The van der Waals surface area contributed by atoms with E-state index in [0.717, 1.165) is 19.3 Å². The van der Waals surface area contributed by atoms with Crippen molar-refractivity contribution in [1.29, 1.82) is 0 Å². The topological polar surface area (TPSA) is 80.7 Å². The van der Waals surface area contributed by atoms with Crippen molar-refractivity contribution >= 4 is 45.6 Å². The second kappa shape index (κ2) is 14.9. The monoisotopic (exact) mass is 346 g/mol. The molecule has 0 amide bonds. The Labute approximate surface area is 157 Å². The van der Waals surface area contributed by atoms with Gasteiger partial charge in [-0.25, -0.2) is 0 Å². The molecule has 0 aromatic carbocycles. The predicted octanol–water partition coefficient (Wildman–Crippen LogP) is 2.86. The fourth-order valence-electron chi connectivity index (χ4n) is 2.01. The van der Waals surface area contributed by atoms with Crippen molar-refractivity contribution in [2.75, 3.05) is 0 Å². The van der Waals surface area contributed by atoms with Crippen LogP contribution in [0.25, 0.3) is 0 Å². The molecule has 0 aromatic rings. The quantitative estimate of drug-likeness (QED) is 0.315. The normalized spacial score (nSPS) is 12.5. The molecule has 0 rings (SSSR count). The maximum absolute atomic E-state index is 11.4. The van der Waals surface area contributed by atoms with E-state index in [9.17, 15) is 18.3 Å². The molecule has 0 spiro atoms. The Morgan fingerprint density at radius 1 is 0.955 bits per heavy atom. The molecule has 0 saturated heterocycles. The Hall–Kier alpha value is 0.380. The second-order valence-electron chi connectivity index (χ2n) is 5.39. The minimum absolute atomic E-state index is 0. The van der Waals surface area contributed by atoms with Crippen LogP contribution in [0, 0.1) is 0 Å². The summed E-state index contributed by atoms with van der Waals surface area (Å²) in [5.41, 5.74) is -1.62. The number of hydrogen-bond donors (Lipinski definition) is 1. The molecule has 0 radical (unpaired) electrons.